The molecule has 1 aliphatic heterocycles. The SMILES string of the molecule is CC(C)C[C@H](NC(=O)[C@@H]1CCCN1C(=O)[C@H](CO)NC(=O)[C@H](CC(=O)O)NC(=O)[C@H](CCCN=C(N)N)NC(=O)[C@@H](N)Cc1c[nH]c2ccccc12)C(=O)O. The number of carboxylic acid groups (broad SMARTS) is 2. The summed E-state index contributed by atoms with van der Waals surface area (Å²) in [5, 5.41) is 39.7. The molecular formula is C35H52N10O10. The summed E-state index contributed by atoms with van der Waals surface area (Å²) in [6.45, 7) is 2.76. The number of aliphatic hydroxyl groups is 1. The van der Waals surface area contributed by atoms with E-state index in [1.165, 1.54) is 0 Å². The molecule has 1 fully saturated rings. The molecule has 302 valence electrons. The van der Waals surface area contributed by atoms with Gasteiger partial charge in [0.15, 0.2) is 5.96 Å². The van der Waals surface area contributed by atoms with Crippen molar-refractivity contribution in [2.45, 2.75) is 95.0 Å². The van der Waals surface area contributed by atoms with E-state index >= 15 is 0 Å². The van der Waals surface area contributed by atoms with Crippen molar-refractivity contribution in [1.82, 2.24) is 31.2 Å². The van der Waals surface area contributed by atoms with E-state index in [9.17, 15) is 48.9 Å². The third-order valence-electron chi connectivity index (χ3n) is 9.00. The van der Waals surface area contributed by atoms with Gasteiger partial charge in [0.25, 0.3) is 0 Å². The molecule has 0 radical (unpaired) electrons. The van der Waals surface area contributed by atoms with Crippen LogP contribution in [-0.4, -0.2) is 129 Å². The largest absolute Gasteiger partial charge is 0.481 e. The molecule has 0 unspecified atom stereocenters. The van der Waals surface area contributed by atoms with E-state index in [0.717, 1.165) is 21.4 Å². The molecule has 1 aromatic carbocycles. The van der Waals surface area contributed by atoms with Gasteiger partial charge in [-0.25, -0.2) is 4.79 Å². The summed E-state index contributed by atoms with van der Waals surface area (Å²) in [5.74, 6) is -7.38. The quantitative estimate of drug-likeness (QED) is 0.0359. The number of nitrogens with one attached hydrogen (secondary N) is 5. The number of para-hydroxylation sites is 1. The van der Waals surface area contributed by atoms with Crippen LogP contribution in [0.2, 0.25) is 0 Å². The summed E-state index contributed by atoms with van der Waals surface area (Å²) >= 11 is 0. The summed E-state index contributed by atoms with van der Waals surface area (Å²) in [6, 6.07) is -0.765. The molecule has 0 bridgehead atoms. The lowest BCUT2D eigenvalue weighted by Gasteiger charge is -2.30. The van der Waals surface area contributed by atoms with Crippen LogP contribution in [0, 0.1) is 5.92 Å². The van der Waals surface area contributed by atoms with Gasteiger partial charge in [-0.1, -0.05) is 32.0 Å². The first-order chi connectivity index (χ1) is 26.0. The maximum absolute atomic E-state index is 13.6. The Labute approximate surface area is 317 Å². The zero-order valence-electron chi connectivity index (χ0n) is 30.8. The minimum Gasteiger partial charge on any atom is -0.481 e. The van der Waals surface area contributed by atoms with Gasteiger partial charge in [0.2, 0.25) is 29.5 Å². The zero-order valence-corrected chi connectivity index (χ0v) is 30.8. The Morgan fingerprint density at radius 2 is 1.58 bits per heavy atom. The lowest BCUT2D eigenvalue weighted by Crippen LogP contribution is -2.60. The van der Waals surface area contributed by atoms with Gasteiger partial charge in [-0.05, 0) is 56.1 Å². The van der Waals surface area contributed by atoms with E-state index in [2.05, 4.69) is 31.2 Å². The number of aromatic amines is 1. The molecule has 0 saturated carbocycles. The second-order valence-corrected chi connectivity index (χ2v) is 13.8. The molecule has 2 aromatic rings. The smallest absolute Gasteiger partial charge is 0.326 e. The van der Waals surface area contributed by atoms with Gasteiger partial charge >= 0.3 is 11.9 Å². The zero-order chi connectivity index (χ0) is 40.8. The number of fused-ring (bicyclic) bond motifs is 1. The molecule has 5 amide bonds. The molecule has 0 spiro atoms. The third-order valence-corrected chi connectivity index (χ3v) is 9.00. The fourth-order valence-electron chi connectivity index (χ4n) is 6.26. The molecule has 1 saturated heterocycles. The Balaban J connectivity index is 1.73. The van der Waals surface area contributed by atoms with Crippen LogP contribution < -0.4 is 38.5 Å². The average Bonchev–Trinajstić information content (AvgIpc) is 3.78. The van der Waals surface area contributed by atoms with Gasteiger partial charge in [-0.3, -0.25) is 33.8 Å². The molecule has 3 rings (SSSR count). The van der Waals surface area contributed by atoms with E-state index in [4.69, 9.17) is 17.2 Å². The van der Waals surface area contributed by atoms with Gasteiger partial charge < -0.3 is 63.7 Å². The first-order valence-corrected chi connectivity index (χ1v) is 18.0. The number of aliphatic hydroxyl groups excluding tert-OH is 1. The minimum absolute atomic E-state index is 0.0500. The van der Waals surface area contributed by atoms with Crippen LogP contribution in [0.1, 0.15) is 57.9 Å². The first-order valence-electron chi connectivity index (χ1n) is 18.0. The highest BCUT2D eigenvalue weighted by atomic mass is 16.4. The number of carbonyl (C=O) groups excluding carboxylic acids is 5. The summed E-state index contributed by atoms with van der Waals surface area (Å²) < 4.78 is 0. The first kappa shape index (κ1) is 43.6. The Kier molecular flexibility index (Phi) is 16.4. The van der Waals surface area contributed by atoms with Crippen LogP contribution in [-0.2, 0) is 40.0 Å². The fraction of sp³-hybridized carbons (Fsp3) is 0.543. The van der Waals surface area contributed by atoms with Crippen LogP contribution in [0.4, 0.5) is 0 Å². The number of aliphatic imine (C=N–C) groups is 1. The van der Waals surface area contributed by atoms with E-state index in [1.807, 2.05) is 24.3 Å². The van der Waals surface area contributed by atoms with Crippen molar-refractivity contribution in [1.29, 1.82) is 0 Å². The lowest BCUT2D eigenvalue weighted by atomic mass is 10.0. The monoisotopic (exact) mass is 772 g/mol. The van der Waals surface area contributed by atoms with Gasteiger partial charge in [-0.15, -0.1) is 0 Å². The maximum Gasteiger partial charge on any atom is 0.326 e. The number of carboxylic acids is 2. The fourth-order valence-corrected chi connectivity index (χ4v) is 6.26. The van der Waals surface area contributed by atoms with E-state index < -0.39 is 90.8 Å². The van der Waals surface area contributed by atoms with Crippen molar-refractivity contribution in [3.63, 3.8) is 0 Å². The number of likely N-dealkylation sites (tertiary alicyclic amines) is 1. The molecule has 1 aliphatic rings. The number of nitrogens with two attached hydrogens (primary N) is 3. The molecule has 14 N–H and O–H groups in total. The lowest BCUT2D eigenvalue weighted by molar-refractivity contribution is -0.145. The van der Waals surface area contributed by atoms with Crippen molar-refractivity contribution in [2.75, 3.05) is 19.7 Å². The maximum atomic E-state index is 13.6. The number of benzene rings is 1. The molecule has 0 aliphatic carbocycles. The number of H-pyrrole nitrogens is 1. The van der Waals surface area contributed by atoms with Crippen LogP contribution in [0.3, 0.4) is 0 Å². The molecule has 2 heterocycles. The van der Waals surface area contributed by atoms with Crippen molar-refractivity contribution in [2.24, 2.45) is 28.1 Å². The summed E-state index contributed by atoms with van der Waals surface area (Å²) in [7, 11) is 0. The number of carbonyl (C=O) groups is 7. The predicted molar refractivity (Wildman–Crippen MR) is 199 cm³/mol. The number of amides is 5. The number of hydrogen-bond acceptors (Lipinski definition) is 10. The molecular weight excluding hydrogens is 720 g/mol. The van der Waals surface area contributed by atoms with Crippen molar-refractivity contribution < 1.29 is 48.9 Å². The average molecular weight is 773 g/mol. The molecule has 55 heavy (non-hydrogen) atoms. The number of hydrogen-bond donors (Lipinski definition) is 11. The molecule has 20 heteroatoms. The topological polar surface area (TPSA) is 338 Å². The van der Waals surface area contributed by atoms with Crippen LogP contribution >= 0.6 is 0 Å². The normalized spacial score (nSPS) is 16.7. The van der Waals surface area contributed by atoms with Gasteiger partial charge in [0.1, 0.15) is 30.2 Å². The Hall–Kier alpha value is -5.76. The Morgan fingerprint density at radius 1 is 0.927 bits per heavy atom. The van der Waals surface area contributed by atoms with Crippen molar-refractivity contribution >= 4 is 58.3 Å². The van der Waals surface area contributed by atoms with E-state index in [-0.39, 0.29) is 57.1 Å². The number of aliphatic carboxylic acids is 2. The number of aromatic nitrogens is 1. The molecule has 1 aromatic heterocycles. The van der Waals surface area contributed by atoms with Crippen molar-refractivity contribution in [3.05, 3.63) is 36.0 Å². The standard InChI is InChI=1S/C35H52N10O10/c1-18(2)13-25(34(54)55)43-32(52)27-10-6-12-45(27)33(53)26(17-46)44-31(51)24(15-28(47)48)42-30(50)23(9-5-11-39-35(37)38)41-29(49)21(36)14-19-16-40-22-8-4-3-7-20(19)22/h3-4,7-8,16,18,21,23-27,40,46H,5-6,9-15,17,36H2,1-2H3,(H,41,49)(H,42,50)(H,43,52)(H,44,51)(H,47,48)(H,54,55)(H4,37,38,39)/t21-,23-,24-,25-,26-,27-/m0/s1. The van der Waals surface area contributed by atoms with E-state index in [1.54, 1.807) is 20.0 Å². The van der Waals surface area contributed by atoms with Crippen LogP contribution in [0.25, 0.3) is 10.9 Å². The Morgan fingerprint density at radius 3 is 2.22 bits per heavy atom. The summed E-state index contributed by atoms with van der Waals surface area (Å²) in [6.07, 6.45) is 1.72. The number of guanidine groups is 1. The van der Waals surface area contributed by atoms with Crippen LogP contribution in [0.15, 0.2) is 35.5 Å². The summed E-state index contributed by atoms with van der Waals surface area (Å²) in [5.41, 5.74) is 18.6. The molecule has 20 nitrogen and oxygen atoms in total. The number of rotatable bonds is 21. The third kappa shape index (κ3) is 13.0. The predicted octanol–water partition coefficient (Wildman–Crippen LogP) is -2.38. The highest BCUT2D eigenvalue weighted by Crippen LogP contribution is 2.21. The second-order valence-electron chi connectivity index (χ2n) is 13.8. The Bertz CT molecular complexity index is 1730. The van der Waals surface area contributed by atoms with Crippen LogP contribution in [0.5, 0.6) is 0 Å². The number of nitrogens with zero attached hydrogens (tertiary/aromatic N) is 2. The van der Waals surface area contributed by atoms with Gasteiger partial charge in [0.05, 0.1) is 19.1 Å². The minimum atomic E-state index is -1.78. The highest BCUT2D eigenvalue weighted by Gasteiger charge is 2.40. The van der Waals surface area contributed by atoms with Crippen molar-refractivity contribution in [3.8, 4) is 0 Å². The van der Waals surface area contributed by atoms with Gasteiger partial charge in [-0.2, -0.15) is 0 Å². The van der Waals surface area contributed by atoms with E-state index in [0.29, 0.717) is 6.42 Å². The highest BCUT2D eigenvalue weighted by molar-refractivity contribution is 5.98. The van der Waals surface area contributed by atoms with Gasteiger partial charge in [0, 0.05) is 30.2 Å². The summed E-state index contributed by atoms with van der Waals surface area (Å²) in [4.78, 5) is 98.5. The molecule has 6 atom stereocenters. The second kappa shape index (κ2) is 20.6.